The molecule has 0 amide bonds. The van der Waals surface area contributed by atoms with E-state index in [1.54, 1.807) is 18.5 Å². The monoisotopic (exact) mass is 287 g/mol. The first-order valence-electron chi connectivity index (χ1n) is 6.40. The van der Waals surface area contributed by atoms with Crippen molar-refractivity contribution in [2.45, 2.75) is 19.9 Å². The fourth-order valence-corrected chi connectivity index (χ4v) is 2.97. The van der Waals surface area contributed by atoms with Crippen molar-refractivity contribution in [1.29, 1.82) is 0 Å². The average molecular weight is 287 g/mol. The Morgan fingerprint density at radius 2 is 1.90 bits per heavy atom. The van der Waals surface area contributed by atoms with Gasteiger partial charge >= 0.3 is 0 Å². The van der Waals surface area contributed by atoms with Crippen LogP contribution < -0.4 is 0 Å². The number of thiophene rings is 1. The Balaban J connectivity index is 2.21. The fourth-order valence-electron chi connectivity index (χ4n) is 2.18. The maximum Gasteiger partial charge on any atom is 0.177 e. The number of halogens is 1. The van der Waals surface area contributed by atoms with E-state index < -0.39 is 0 Å². The van der Waals surface area contributed by atoms with Crippen LogP contribution >= 0.6 is 11.3 Å². The molecule has 0 bridgehead atoms. The lowest BCUT2D eigenvalue weighted by molar-refractivity contribution is 0.539. The average Bonchev–Trinajstić information content (AvgIpc) is 3.05. The Kier molecular flexibility index (Phi) is 3.36. The third kappa shape index (κ3) is 2.25. The molecule has 0 atom stereocenters. The van der Waals surface area contributed by atoms with Gasteiger partial charge in [-0.15, -0.1) is 11.3 Å². The number of nitrogens with zero attached hydrogens (tertiary/aromatic N) is 3. The molecule has 3 heterocycles. The van der Waals surface area contributed by atoms with Crippen LogP contribution in [0.3, 0.4) is 0 Å². The molecule has 0 N–H and O–H groups in total. The summed E-state index contributed by atoms with van der Waals surface area (Å²) in [4.78, 5) is 4.92. The van der Waals surface area contributed by atoms with Crippen LogP contribution in [-0.2, 0) is 0 Å². The Morgan fingerprint density at radius 3 is 2.50 bits per heavy atom. The second-order valence-electron chi connectivity index (χ2n) is 4.78. The van der Waals surface area contributed by atoms with Crippen molar-refractivity contribution in [3.63, 3.8) is 0 Å². The van der Waals surface area contributed by atoms with Crippen molar-refractivity contribution >= 4 is 11.3 Å². The molecule has 20 heavy (non-hydrogen) atoms. The summed E-state index contributed by atoms with van der Waals surface area (Å²) < 4.78 is 15.3. The van der Waals surface area contributed by atoms with Crippen LogP contribution in [-0.4, -0.2) is 14.8 Å². The maximum absolute atomic E-state index is 13.4. The lowest BCUT2D eigenvalue weighted by Crippen LogP contribution is -2.04. The lowest BCUT2D eigenvalue weighted by atomic mass is 10.1. The zero-order valence-corrected chi connectivity index (χ0v) is 12.1. The first kappa shape index (κ1) is 13.0. The number of hydrogen-bond acceptors (Lipinski definition) is 3. The summed E-state index contributed by atoms with van der Waals surface area (Å²) in [5, 5.41) is 4.27. The highest BCUT2D eigenvalue weighted by molar-refractivity contribution is 7.13. The molecule has 3 rings (SSSR count). The molecule has 0 aliphatic heterocycles. The summed E-state index contributed by atoms with van der Waals surface area (Å²) in [6.07, 6.45) is 5.34. The van der Waals surface area contributed by atoms with Gasteiger partial charge in [0.25, 0.3) is 0 Å². The SMILES string of the molecule is CC(C)n1ncc(-c2ccncc2)c1-c1ccc(F)s1. The van der Waals surface area contributed by atoms with E-state index in [1.165, 1.54) is 6.07 Å². The summed E-state index contributed by atoms with van der Waals surface area (Å²) in [6, 6.07) is 7.39. The molecule has 0 radical (unpaired) electrons. The van der Waals surface area contributed by atoms with Gasteiger partial charge in [0, 0.05) is 24.0 Å². The minimum Gasteiger partial charge on any atom is -0.265 e. The van der Waals surface area contributed by atoms with Crippen LogP contribution in [0.1, 0.15) is 19.9 Å². The predicted molar refractivity (Wildman–Crippen MR) is 79.1 cm³/mol. The molecule has 0 saturated carbocycles. The minimum atomic E-state index is -0.183. The highest BCUT2D eigenvalue weighted by atomic mass is 32.1. The van der Waals surface area contributed by atoms with Gasteiger partial charge in [0.1, 0.15) is 0 Å². The van der Waals surface area contributed by atoms with E-state index in [4.69, 9.17) is 0 Å². The zero-order chi connectivity index (χ0) is 14.1. The van der Waals surface area contributed by atoms with Crippen LogP contribution in [0, 0.1) is 5.13 Å². The summed E-state index contributed by atoms with van der Waals surface area (Å²) in [5.41, 5.74) is 3.00. The molecule has 0 spiro atoms. The van der Waals surface area contributed by atoms with Gasteiger partial charge in [-0.3, -0.25) is 9.67 Å². The van der Waals surface area contributed by atoms with Gasteiger partial charge in [0.15, 0.2) is 5.13 Å². The minimum absolute atomic E-state index is 0.183. The van der Waals surface area contributed by atoms with Crippen LogP contribution in [0.5, 0.6) is 0 Å². The molecule has 0 aliphatic carbocycles. The summed E-state index contributed by atoms with van der Waals surface area (Å²) in [5.74, 6) is 0. The van der Waals surface area contributed by atoms with E-state index in [9.17, 15) is 4.39 Å². The van der Waals surface area contributed by atoms with Gasteiger partial charge in [-0.05, 0) is 43.7 Å². The molecule has 3 nitrogen and oxygen atoms in total. The quantitative estimate of drug-likeness (QED) is 0.715. The molecular weight excluding hydrogens is 273 g/mol. The molecule has 0 unspecified atom stereocenters. The molecule has 102 valence electrons. The molecule has 3 aromatic heterocycles. The maximum atomic E-state index is 13.4. The van der Waals surface area contributed by atoms with Crippen LogP contribution in [0.25, 0.3) is 21.7 Å². The van der Waals surface area contributed by atoms with Crippen molar-refractivity contribution < 1.29 is 4.39 Å². The topological polar surface area (TPSA) is 30.7 Å². The van der Waals surface area contributed by atoms with Crippen molar-refractivity contribution in [3.05, 3.63) is 48.0 Å². The van der Waals surface area contributed by atoms with E-state index in [0.29, 0.717) is 0 Å². The molecule has 0 saturated heterocycles. The third-order valence-corrected chi connectivity index (χ3v) is 3.96. The second-order valence-corrected chi connectivity index (χ2v) is 5.82. The van der Waals surface area contributed by atoms with E-state index in [0.717, 1.165) is 33.0 Å². The van der Waals surface area contributed by atoms with Gasteiger partial charge in [-0.2, -0.15) is 9.49 Å². The van der Waals surface area contributed by atoms with E-state index in [-0.39, 0.29) is 11.2 Å². The standard InChI is InChI=1S/C15H14FN3S/c1-10(2)19-15(13-3-4-14(16)20-13)12(9-18-19)11-5-7-17-8-6-11/h3-10H,1-2H3. The van der Waals surface area contributed by atoms with E-state index in [1.807, 2.05) is 23.0 Å². The second kappa shape index (κ2) is 5.17. The largest absolute Gasteiger partial charge is 0.265 e. The van der Waals surface area contributed by atoms with Crippen LogP contribution in [0.4, 0.5) is 4.39 Å². The Bertz CT molecular complexity index is 716. The van der Waals surface area contributed by atoms with E-state index >= 15 is 0 Å². The summed E-state index contributed by atoms with van der Waals surface area (Å²) >= 11 is 1.14. The van der Waals surface area contributed by atoms with Gasteiger partial charge in [-0.1, -0.05) is 0 Å². The normalized spacial score (nSPS) is 11.2. The molecule has 5 heteroatoms. The number of hydrogen-bond donors (Lipinski definition) is 0. The Hall–Kier alpha value is -2.01. The smallest absolute Gasteiger partial charge is 0.177 e. The molecular formula is C15H14FN3S. The first-order valence-corrected chi connectivity index (χ1v) is 7.22. The van der Waals surface area contributed by atoms with Crippen molar-refractivity contribution in [2.75, 3.05) is 0 Å². The third-order valence-electron chi connectivity index (χ3n) is 3.08. The van der Waals surface area contributed by atoms with Crippen LogP contribution in [0.15, 0.2) is 42.9 Å². The number of aromatic nitrogens is 3. The molecule has 0 aliphatic rings. The summed E-state index contributed by atoms with van der Waals surface area (Å²) in [6.45, 7) is 4.13. The van der Waals surface area contributed by atoms with Crippen molar-refractivity contribution in [3.8, 4) is 21.7 Å². The van der Waals surface area contributed by atoms with Gasteiger partial charge in [0.05, 0.1) is 16.8 Å². The van der Waals surface area contributed by atoms with Gasteiger partial charge in [-0.25, -0.2) is 0 Å². The van der Waals surface area contributed by atoms with Gasteiger partial charge < -0.3 is 0 Å². The Morgan fingerprint density at radius 1 is 1.15 bits per heavy atom. The Labute approximate surface area is 120 Å². The van der Waals surface area contributed by atoms with Crippen molar-refractivity contribution in [2.24, 2.45) is 0 Å². The molecule has 0 aromatic carbocycles. The predicted octanol–water partition coefficient (Wildman–Crippen LogP) is 4.39. The zero-order valence-electron chi connectivity index (χ0n) is 11.2. The fraction of sp³-hybridized carbons (Fsp3) is 0.200. The summed E-state index contributed by atoms with van der Waals surface area (Å²) in [7, 11) is 0. The lowest BCUT2D eigenvalue weighted by Gasteiger charge is -2.11. The molecule has 3 aromatic rings. The van der Waals surface area contributed by atoms with E-state index in [2.05, 4.69) is 23.9 Å². The molecule has 0 fully saturated rings. The first-order chi connectivity index (χ1) is 9.66. The number of pyridine rings is 1. The van der Waals surface area contributed by atoms with Gasteiger partial charge in [0.2, 0.25) is 0 Å². The highest BCUT2D eigenvalue weighted by Crippen LogP contribution is 2.36. The number of rotatable bonds is 3. The van der Waals surface area contributed by atoms with Crippen molar-refractivity contribution in [1.82, 2.24) is 14.8 Å². The highest BCUT2D eigenvalue weighted by Gasteiger charge is 2.18. The van der Waals surface area contributed by atoms with Crippen LogP contribution in [0.2, 0.25) is 0 Å².